The molecule has 1 atom stereocenters. The van der Waals surface area contributed by atoms with Gasteiger partial charge in [-0.1, -0.05) is 6.92 Å². The molecule has 2 aliphatic carbocycles. The molecule has 6 nitrogen and oxygen atoms in total. The number of ether oxygens (including phenoxy) is 3. The molecule has 5 rings (SSSR count). The number of hydrogen-bond acceptors (Lipinski definition) is 7. The number of carbonyl (C=O) groups is 1. The first-order chi connectivity index (χ1) is 15.6. The number of fused-ring (bicyclic) bond motifs is 3. The number of esters is 1. The van der Waals surface area contributed by atoms with E-state index >= 15 is 0 Å². The molecule has 0 bridgehead atoms. The van der Waals surface area contributed by atoms with E-state index in [0.29, 0.717) is 6.61 Å². The zero-order valence-corrected chi connectivity index (χ0v) is 20.0. The molecule has 1 saturated heterocycles. The summed E-state index contributed by atoms with van der Waals surface area (Å²) in [5.41, 5.74) is 1.40. The van der Waals surface area contributed by atoms with E-state index in [9.17, 15) is 4.79 Å². The van der Waals surface area contributed by atoms with Crippen LogP contribution in [0.4, 0.5) is 0 Å². The fourth-order valence-corrected chi connectivity index (χ4v) is 7.20. The van der Waals surface area contributed by atoms with Gasteiger partial charge in [-0.2, -0.15) is 0 Å². The normalized spacial score (nSPS) is 28.6. The van der Waals surface area contributed by atoms with Crippen LogP contribution in [0.3, 0.4) is 0 Å². The molecule has 1 aliphatic heterocycles. The molecule has 1 saturated carbocycles. The number of rotatable bonds is 6. The Morgan fingerprint density at radius 2 is 2.03 bits per heavy atom. The lowest BCUT2D eigenvalue weighted by Crippen LogP contribution is -2.55. The second kappa shape index (κ2) is 9.27. The van der Waals surface area contributed by atoms with Gasteiger partial charge < -0.3 is 14.2 Å². The van der Waals surface area contributed by atoms with Gasteiger partial charge in [0.25, 0.3) is 0 Å². The van der Waals surface area contributed by atoms with Crippen LogP contribution in [0.5, 0.6) is 5.75 Å². The Hall–Kier alpha value is -1.70. The Bertz CT molecular complexity index is 960. The van der Waals surface area contributed by atoms with Gasteiger partial charge in [0.05, 0.1) is 37.2 Å². The molecule has 0 aromatic carbocycles. The monoisotopic (exact) mass is 458 g/mol. The summed E-state index contributed by atoms with van der Waals surface area (Å²) < 4.78 is 17.6. The predicted octanol–water partition coefficient (Wildman–Crippen LogP) is 4.69. The minimum Gasteiger partial charge on any atom is -0.490 e. The summed E-state index contributed by atoms with van der Waals surface area (Å²) in [7, 11) is 0. The van der Waals surface area contributed by atoms with E-state index in [2.05, 4.69) is 16.8 Å². The Labute approximate surface area is 194 Å². The summed E-state index contributed by atoms with van der Waals surface area (Å²) in [6, 6.07) is 1.99. The summed E-state index contributed by atoms with van der Waals surface area (Å²) in [6.07, 6.45) is 9.41. The van der Waals surface area contributed by atoms with Crippen molar-refractivity contribution in [2.24, 2.45) is 0 Å². The van der Waals surface area contributed by atoms with E-state index in [4.69, 9.17) is 14.2 Å². The lowest BCUT2D eigenvalue weighted by Gasteiger charge is -2.49. The number of aryl methyl sites for hydroxylation is 1. The second-order valence-corrected chi connectivity index (χ2v) is 10.3. The number of nitrogens with zero attached hydrogens (tertiary/aromatic N) is 2. The maximum Gasteiger partial charge on any atom is 0.313 e. The van der Waals surface area contributed by atoms with Gasteiger partial charge in [-0.15, -0.1) is 11.3 Å². The van der Waals surface area contributed by atoms with Crippen LogP contribution in [0.15, 0.2) is 12.3 Å². The predicted molar refractivity (Wildman–Crippen MR) is 126 cm³/mol. The van der Waals surface area contributed by atoms with Gasteiger partial charge in [0, 0.05) is 29.7 Å². The molecular formula is C25H34N2O4S. The van der Waals surface area contributed by atoms with E-state index in [1.807, 2.05) is 19.2 Å². The number of carbonyl (C=O) groups excluding carboxylic acids is 1. The number of thiophene rings is 1. The van der Waals surface area contributed by atoms with Crippen molar-refractivity contribution >= 4 is 27.5 Å². The lowest BCUT2D eigenvalue weighted by atomic mass is 9.77. The molecule has 174 valence electrons. The van der Waals surface area contributed by atoms with Crippen molar-refractivity contribution in [3.63, 3.8) is 0 Å². The average molecular weight is 459 g/mol. The van der Waals surface area contributed by atoms with Crippen LogP contribution < -0.4 is 4.74 Å². The van der Waals surface area contributed by atoms with Crippen molar-refractivity contribution in [1.29, 1.82) is 0 Å². The van der Waals surface area contributed by atoms with Gasteiger partial charge in [-0.05, 0) is 63.5 Å². The molecule has 2 fully saturated rings. The molecular weight excluding hydrogens is 424 g/mol. The zero-order chi connectivity index (χ0) is 22.1. The Morgan fingerprint density at radius 1 is 1.25 bits per heavy atom. The zero-order valence-electron chi connectivity index (χ0n) is 19.2. The van der Waals surface area contributed by atoms with Crippen LogP contribution in [0, 0.1) is 0 Å². The Morgan fingerprint density at radius 3 is 2.75 bits per heavy atom. The third kappa shape index (κ3) is 3.93. The fourth-order valence-electron chi connectivity index (χ4n) is 5.97. The van der Waals surface area contributed by atoms with Crippen molar-refractivity contribution in [3.05, 3.63) is 22.7 Å². The second-order valence-electron chi connectivity index (χ2n) is 9.27. The standard InChI is InChI=1S/C25H34N2O4S/c1-3-25(27-13-15-29-16-14-27)10-7-17(8-11-25)31-19-9-12-26-23-22(19)21-18(24(28)30-4-2)5-6-20(21)32-23/h9,12,17-18H,3-8,10-11,13-16H2,1-2H3/t17?,18-,25?/m0/s1. The van der Waals surface area contributed by atoms with Crippen molar-refractivity contribution in [2.75, 3.05) is 32.9 Å². The van der Waals surface area contributed by atoms with Gasteiger partial charge in [0.1, 0.15) is 10.6 Å². The first-order valence-corrected chi connectivity index (χ1v) is 13.0. The minimum atomic E-state index is -0.189. The summed E-state index contributed by atoms with van der Waals surface area (Å²) >= 11 is 1.71. The van der Waals surface area contributed by atoms with Gasteiger partial charge in [0.2, 0.25) is 0 Å². The smallest absolute Gasteiger partial charge is 0.313 e. The van der Waals surface area contributed by atoms with Gasteiger partial charge in [0.15, 0.2) is 0 Å². The highest BCUT2D eigenvalue weighted by atomic mass is 32.1. The first kappa shape index (κ1) is 22.1. The third-order valence-corrected chi connectivity index (χ3v) is 8.92. The summed E-state index contributed by atoms with van der Waals surface area (Å²) in [6.45, 7) is 8.39. The SMILES string of the molecule is CCOC(=O)[C@H]1CCc2sc3nccc(OC4CCC(CC)(N5CCOCC5)CC4)c3c21. The molecule has 3 aliphatic rings. The van der Waals surface area contributed by atoms with Crippen molar-refractivity contribution < 1.29 is 19.0 Å². The van der Waals surface area contributed by atoms with Crippen LogP contribution >= 0.6 is 11.3 Å². The first-order valence-electron chi connectivity index (χ1n) is 12.2. The van der Waals surface area contributed by atoms with Crippen molar-refractivity contribution in [2.45, 2.75) is 76.4 Å². The number of pyridine rings is 1. The largest absolute Gasteiger partial charge is 0.490 e. The number of aromatic nitrogens is 1. The quantitative estimate of drug-likeness (QED) is 0.585. The van der Waals surface area contributed by atoms with E-state index in [1.165, 1.54) is 11.3 Å². The lowest BCUT2D eigenvalue weighted by molar-refractivity contribution is -0.144. The maximum atomic E-state index is 12.6. The van der Waals surface area contributed by atoms with Crippen molar-refractivity contribution in [1.82, 2.24) is 9.88 Å². The molecule has 7 heteroatoms. The maximum absolute atomic E-state index is 12.6. The molecule has 0 N–H and O–H groups in total. The molecule has 0 unspecified atom stereocenters. The molecule has 0 radical (unpaired) electrons. The van der Waals surface area contributed by atoms with Crippen LogP contribution in [-0.2, 0) is 20.7 Å². The Balaban J connectivity index is 1.35. The van der Waals surface area contributed by atoms with Crippen molar-refractivity contribution in [3.8, 4) is 5.75 Å². The average Bonchev–Trinajstić information content (AvgIpc) is 3.40. The highest BCUT2D eigenvalue weighted by Crippen LogP contribution is 2.47. The van der Waals surface area contributed by atoms with E-state index in [-0.39, 0.29) is 23.5 Å². The minimum absolute atomic E-state index is 0.114. The van der Waals surface area contributed by atoms with E-state index < -0.39 is 0 Å². The molecule has 0 amide bonds. The highest BCUT2D eigenvalue weighted by Gasteiger charge is 2.40. The van der Waals surface area contributed by atoms with Crippen LogP contribution in [0.25, 0.3) is 10.2 Å². The fraction of sp³-hybridized carbons (Fsp3) is 0.680. The van der Waals surface area contributed by atoms with Gasteiger partial charge >= 0.3 is 5.97 Å². The molecule has 2 aromatic heterocycles. The van der Waals surface area contributed by atoms with Gasteiger partial charge in [-0.25, -0.2) is 4.98 Å². The topological polar surface area (TPSA) is 60.9 Å². The Kier molecular flexibility index (Phi) is 6.41. The summed E-state index contributed by atoms with van der Waals surface area (Å²) in [5.74, 6) is 0.589. The van der Waals surface area contributed by atoms with E-state index in [0.717, 1.165) is 86.4 Å². The highest BCUT2D eigenvalue weighted by molar-refractivity contribution is 7.19. The molecule has 3 heterocycles. The van der Waals surface area contributed by atoms with E-state index in [1.54, 1.807) is 11.3 Å². The molecule has 32 heavy (non-hydrogen) atoms. The van der Waals surface area contributed by atoms with Crippen LogP contribution in [0.1, 0.15) is 68.7 Å². The molecule has 2 aromatic rings. The third-order valence-electron chi connectivity index (χ3n) is 7.74. The van der Waals surface area contributed by atoms with Crippen LogP contribution in [0.2, 0.25) is 0 Å². The molecule has 0 spiro atoms. The van der Waals surface area contributed by atoms with Gasteiger partial charge in [-0.3, -0.25) is 9.69 Å². The summed E-state index contributed by atoms with van der Waals surface area (Å²) in [4.78, 5) is 22.1. The summed E-state index contributed by atoms with van der Waals surface area (Å²) in [5, 5.41) is 1.04. The number of hydrogen-bond donors (Lipinski definition) is 0. The number of morpholine rings is 1. The van der Waals surface area contributed by atoms with Crippen LogP contribution in [-0.4, -0.2) is 60.4 Å².